The normalized spacial score (nSPS) is 18.3. The van der Waals surface area contributed by atoms with Crippen LogP contribution in [0.2, 0.25) is 0 Å². The zero-order valence-corrected chi connectivity index (χ0v) is 17.0. The third-order valence-corrected chi connectivity index (χ3v) is 6.75. The molecular weight excluding hydrogens is 396 g/mol. The summed E-state index contributed by atoms with van der Waals surface area (Å²) < 4.78 is 36.1. The highest BCUT2D eigenvalue weighted by Crippen LogP contribution is 2.32. The summed E-state index contributed by atoms with van der Waals surface area (Å²) in [6.07, 6.45) is 2.01. The number of aryl methyl sites for hydroxylation is 1. The lowest BCUT2D eigenvalue weighted by Crippen LogP contribution is -2.27. The molecule has 29 heavy (non-hydrogen) atoms. The molecule has 10 heteroatoms. The van der Waals surface area contributed by atoms with Gasteiger partial charge in [0, 0.05) is 13.7 Å². The van der Waals surface area contributed by atoms with E-state index in [-0.39, 0.29) is 23.5 Å². The van der Waals surface area contributed by atoms with Gasteiger partial charge in [0.25, 0.3) is 5.91 Å². The first-order valence-corrected chi connectivity index (χ1v) is 11.1. The van der Waals surface area contributed by atoms with Gasteiger partial charge in [-0.2, -0.15) is 5.10 Å². The highest BCUT2D eigenvalue weighted by Gasteiger charge is 2.32. The predicted molar refractivity (Wildman–Crippen MR) is 106 cm³/mol. The van der Waals surface area contributed by atoms with E-state index in [1.165, 1.54) is 6.26 Å². The van der Waals surface area contributed by atoms with Crippen LogP contribution in [0.4, 0.5) is 0 Å². The summed E-state index contributed by atoms with van der Waals surface area (Å²) in [6.45, 7) is 2.55. The van der Waals surface area contributed by atoms with Crippen LogP contribution < -0.4 is 5.32 Å². The average Bonchev–Trinajstić information content (AvgIpc) is 3.40. The number of pyridine rings is 1. The summed E-state index contributed by atoms with van der Waals surface area (Å²) in [7, 11) is -1.53. The van der Waals surface area contributed by atoms with Gasteiger partial charge < -0.3 is 14.5 Å². The molecule has 1 fully saturated rings. The van der Waals surface area contributed by atoms with E-state index >= 15 is 0 Å². The van der Waals surface area contributed by atoms with Gasteiger partial charge in [-0.05, 0) is 31.5 Å². The lowest BCUT2D eigenvalue weighted by atomic mass is 10.1. The molecule has 0 aromatic carbocycles. The molecule has 0 saturated carbocycles. The zero-order chi connectivity index (χ0) is 20.6. The molecule has 0 radical (unpaired) electrons. The summed E-state index contributed by atoms with van der Waals surface area (Å²) in [4.78, 5) is 17.6. The first kappa shape index (κ1) is 19.6. The molecule has 0 bridgehead atoms. The first-order valence-electron chi connectivity index (χ1n) is 9.31. The number of furan rings is 1. The second-order valence-electron chi connectivity index (χ2n) is 7.07. The van der Waals surface area contributed by atoms with Crippen molar-refractivity contribution < 1.29 is 22.4 Å². The van der Waals surface area contributed by atoms with E-state index in [1.807, 2.05) is 0 Å². The van der Waals surface area contributed by atoms with Crippen molar-refractivity contribution in [3.63, 3.8) is 0 Å². The van der Waals surface area contributed by atoms with E-state index in [9.17, 15) is 13.2 Å². The van der Waals surface area contributed by atoms with Gasteiger partial charge in [-0.3, -0.25) is 4.79 Å². The largest absolute Gasteiger partial charge is 0.463 e. The molecular formula is C19H22N4O5S. The minimum atomic E-state index is -3.10. The number of aromatic nitrogens is 3. The SMILES string of the molecule is COCCNC(=O)c1cc(-c2ccco2)nc2c1c(C)nn2C1CCS(=O)(=O)C1. The highest BCUT2D eigenvalue weighted by molar-refractivity contribution is 7.91. The smallest absolute Gasteiger partial charge is 0.252 e. The molecule has 0 aliphatic carbocycles. The van der Waals surface area contributed by atoms with Crippen molar-refractivity contribution in [2.45, 2.75) is 19.4 Å². The maximum Gasteiger partial charge on any atom is 0.252 e. The molecule has 1 N–H and O–H groups in total. The Balaban J connectivity index is 1.86. The van der Waals surface area contributed by atoms with Gasteiger partial charge in [0.1, 0.15) is 5.69 Å². The summed E-state index contributed by atoms with van der Waals surface area (Å²) >= 11 is 0. The van der Waals surface area contributed by atoms with Crippen LogP contribution in [0.3, 0.4) is 0 Å². The van der Waals surface area contributed by atoms with Crippen LogP contribution in [0.25, 0.3) is 22.5 Å². The second-order valence-corrected chi connectivity index (χ2v) is 9.30. The van der Waals surface area contributed by atoms with Gasteiger partial charge in [0.2, 0.25) is 0 Å². The summed E-state index contributed by atoms with van der Waals surface area (Å²) in [5, 5.41) is 7.99. The number of methoxy groups -OCH3 is 1. The average molecular weight is 418 g/mol. The van der Waals surface area contributed by atoms with E-state index in [4.69, 9.17) is 9.15 Å². The van der Waals surface area contributed by atoms with Crippen LogP contribution in [-0.4, -0.2) is 60.9 Å². The van der Waals surface area contributed by atoms with E-state index in [0.29, 0.717) is 53.3 Å². The topological polar surface area (TPSA) is 116 Å². The van der Waals surface area contributed by atoms with Crippen molar-refractivity contribution in [3.8, 4) is 11.5 Å². The monoisotopic (exact) mass is 418 g/mol. The molecule has 154 valence electrons. The number of carbonyl (C=O) groups is 1. The zero-order valence-electron chi connectivity index (χ0n) is 16.2. The molecule has 1 atom stereocenters. The molecule has 1 aliphatic heterocycles. The third kappa shape index (κ3) is 3.77. The van der Waals surface area contributed by atoms with Gasteiger partial charge in [0.15, 0.2) is 21.2 Å². The standard InChI is InChI=1S/C19H22N4O5S/c1-12-17-14(19(24)20-6-8-27-2)10-15(16-4-3-7-28-16)21-18(17)23(22-12)13-5-9-29(25,26)11-13/h3-4,7,10,13H,5-6,8-9,11H2,1-2H3,(H,20,24). The van der Waals surface area contributed by atoms with Crippen LogP contribution in [0.15, 0.2) is 28.9 Å². The number of fused-ring (bicyclic) bond motifs is 1. The van der Waals surface area contributed by atoms with Gasteiger partial charge in [-0.1, -0.05) is 0 Å². The van der Waals surface area contributed by atoms with E-state index < -0.39 is 9.84 Å². The fraction of sp³-hybridized carbons (Fsp3) is 0.421. The molecule has 3 aromatic rings. The van der Waals surface area contributed by atoms with E-state index in [1.54, 1.807) is 36.9 Å². The molecule has 1 unspecified atom stereocenters. The molecule has 4 rings (SSSR count). The van der Waals surface area contributed by atoms with Gasteiger partial charge in [-0.25, -0.2) is 18.1 Å². The third-order valence-electron chi connectivity index (χ3n) is 5.00. The maximum atomic E-state index is 12.9. The van der Waals surface area contributed by atoms with Crippen molar-refractivity contribution in [2.75, 3.05) is 31.8 Å². The van der Waals surface area contributed by atoms with Crippen molar-refractivity contribution in [1.82, 2.24) is 20.1 Å². The van der Waals surface area contributed by atoms with Gasteiger partial charge in [0.05, 0.1) is 47.1 Å². The number of ether oxygens (including phenoxy) is 1. The number of sulfone groups is 1. The summed E-state index contributed by atoms with van der Waals surface area (Å²) in [5.41, 5.74) is 2.01. The Morgan fingerprint density at radius 2 is 2.28 bits per heavy atom. The maximum absolute atomic E-state index is 12.9. The summed E-state index contributed by atoms with van der Waals surface area (Å²) in [5.74, 6) is 0.386. The Bertz CT molecular complexity index is 1150. The van der Waals surface area contributed by atoms with E-state index in [0.717, 1.165) is 0 Å². The van der Waals surface area contributed by atoms with Gasteiger partial charge >= 0.3 is 0 Å². The Kier molecular flexibility index (Phi) is 5.13. The predicted octanol–water partition coefficient (Wildman–Crippen LogP) is 1.74. The number of nitrogens with zero attached hydrogens (tertiary/aromatic N) is 3. The van der Waals surface area contributed by atoms with Gasteiger partial charge in [-0.15, -0.1) is 0 Å². The molecule has 3 aromatic heterocycles. The highest BCUT2D eigenvalue weighted by atomic mass is 32.2. The fourth-order valence-corrected chi connectivity index (χ4v) is 5.32. The minimum Gasteiger partial charge on any atom is -0.463 e. The minimum absolute atomic E-state index is 0.0191. The summed E-state index contributed by atoms with van der Waals surface area (Å²) in [6, 6.07) is 4.87. The van der Waals surface area contributed by atoms with Crippen LogP contribution in [0, 0.1) is 6.92 Å². The van der Waals surface area contributed by atoms with Crippen molar-refractivity contribution in [2.24, 2.45) is 0 Å². The van der Waals surface area contributed by atoms with Crippen LogP contribution in [0.5, 0.6) is 0 Å². The first-order chi connectivity index (χ1) is 13.9. The molecule has 1 aliphatic rings. The number of carbonyl (C=O) groups excluding carboxylic acids is 1. The number of hydrogen-bond donors (Lipinski definition) is 1. The number of amides is 1. The van der Waals surface area contributed by atoms with Crippen molar-refractivity contribution in [1.29, 1.82) is 0 Å². The van der Waals surface area contributed by atoms with Crippen LogP contribution in [0.1, 0.15) is 28.5 Å². The molecule has 4 heterocycles. The quantitative estimate of drug-likeness (QED) is 0.606. The van der Waals surface area contributed by atoms with Crippen LogP contribution in [-0.2, 0) is 14.6 Å². The molecule has 1 saturated heterocycles. The number of nitrogens with one attached hydrogen (secondary N) is 1. The fourth-order valence-electron chi connectivity index (χ4n) is 3.63. The van der Waals surface area contributed by atoms with E-state index in [2.05, 4.69) is 15.4 Å². The lowest BCUT2D eigenvalue weighted by Gasteiger charge is -2.11. The Morgan fingerprint density at radius 3 is 2.93 bits per heavy atom. The lowest BCUT2D eigenvalue weighted by molar-refractivity contribution is 0.0938. The molecule has 9 nitrogen and oxygen atoms in total. The number of hydrogen-bond acceptors (Lipinski definition) is 7. The molecule has 1 amide bonds. The Hall–Kier alpha value is -2.72. The Morgan fingerprint density at radius 1 is 1.45 bits per heavy atom. The molecule has 0 spiro atoms. The number of rotatable bonds is 6. The Labute approximate surface area is 168 Å². The van der Waals surface area contributed by atoms with Crippen LogP contribution >= 0.6 is 0 Å². The van der Waals surface area contributed by atoms with Crippen molar-refractivity contribution >= 4 is 26.8 Å². The van der Waals surface area contributed by atoms with Crippen molar-refractivity contribution in [3.05, 3.63) is 35.7 Å². The second kappa shape index (κ2) is 7.60.